The van der Waals surface area contributed by atoms with E-state index in [1.807, 2.05) is 0 Å². The van der Waals surface area contributed by atoms with E-state index in [2.05, 4.69) is 20.9 Å². The quantitative estimate of drug-likeness (QED) is 0.769. The zero-order chi connectivity index (χ0) is 13.9. The fourth-order valence-corrected chi connectivity index (χ4v) is 4.86. The number of sulfonamides is 1. The minimum Gasteiger partial charge on any atom is -0.262 e. The number of halogens is 2. The molecule has 4 nitrogen and oxygen atoms in total. The smallest absolute Gasteiger partial charge is 0.244 e. The van der Waals surface area contributed by atoms with Crippen molar-refractivity contribution >= 4 is 37.6 Å². The number of piperidine rings is 1. The minimum absolute atomic E-state index is 0.00947. The molecule has 2 rings (SSSR count). The van der Waals surface area contributed by atoms with Gasteiger partial charge < -0.3 is 0 Å². The highest BCUT2D eigenvalue weighted by Gasteiger charge is 2.33. The summed E-state index contributed by atoms with van der Waals surface area (Å²) in [5.74, 6) is 0.480. The number of aromatic nitrogens is 1. The van der Waals surface area contributed by atoms with Crippen molar-refractivity contribution in [1.82, 2.24) is 9.29 Å². The first-order chi connectivity index (χ1) is 9.05. The zero-order valence-corrected chi connectivity index (χ0v) is 13.6. The molecule has 19 heavy (non-hydrogen) atoms. The average molecular weight is 368 g/mol. The lowest BCUT2D eigenvalue weighted by atomic mass is 10.0. The Kier molecular flexibility index (Phi) is 5.22. The number of alkyl halides is 1. The van der Waals surface area contributed by atoms with Crippen LogP contribution in [-0.4, -0.2) is 36.2 Å². The summed E-state index contributed by atoms with van der Waals surface area (Å²) in [6, 6.07) is 1.60. The van der Waals surface area contributed by atoms with Gasteiger partial charge in [0.1, 0.15) is 4.90 Å². The summed E-state index contributed by atoms with van der Waals surface area (Å²) in [4.78, 5) is 4.18. The fraction of sp³-hybridized carbons (Fsp3) is 0.583. The maximum Gasteiger partial charge on any atom is 0.244 e. The molecule has 1 aliphatic rings. The Bertz CT molecular complexity index is 536. The Hall–Kier alpha value is -0.170. The molecule has 0 bridgehead atoms. The van der Waals surface area contributed by atoms with Crippen molar-refractivity contribution < 1.29 is 8.42 Å². The van der Waals surface area contributed by atoms with Crippen LogP contribution in [0.1, 0.15) is 25.7 Å². The highest BCUT2D eigenvalue weighted by atomic mass is 79.9. The van der Waals surface area contributed by atoms with E-state index < -0.39 is 10.0 Å². The van der Waals surface area contributed by atoms with Gasteiger partial charge in [0, 0.05) is 35.3 Å². The third kappa shape index (κ3) is 3.48. The summed E-state index contributed by atoms with van der Waals surface area (Å²) in [6.45, 7) is 0.566. The molecule has 7 heteroatoms. The van der Waals surface area contributed by atoms with Gasteiger partial charge in [0.25, 0.3) is 0 Å². The Labute approximate surface area is 127 Å². The van der Waals surface area contributed by atoms with Crippen LogP contribution in [0.4, 0.5) is 0 Å². The van der Waals surface area contributed by atoms with Gasteiger partial charge in [-0.05, 0) is 41.3 Å². The molecule has 0 N–H and O–H groups in total. The second-order valence-electron chi connectivity index (χ2n) is 4.58. The van der Waals surface area contributed by atoms with E-state index in [9.17, 15) is 8.42 Å². The maximum atomic E-state index is 12.6. The largest absolute Gasteiger partial charge is 0.262 e. The van der Waals surface area contributed by atoms with Crippen molar-refractivity contribution in [3.05, 3.63) is 22.9 Å². The Morgan fingerprint density at radius 1 is 1.42 bits per heavy atom. The third-order valence-electron chi connectivity index (χ3n) is 3.30. The summed E-state index contributed by atoms with van der Waals surface area (Å²) in [7, 11) is -3.47. The highest BCUT2D eigenvalue weighted by molar-refractivity contribution is 9.10. The van der Waals surface area contributed by atoms with Gasteiger partial charge in [-0.25, -0.2) is 8.42 Å². The van der Waals surface area contributed by atoms with Gasteiger partial charge in [-0.3, -0.25) is 4.98 Å². The summed E-state index contributed by atoms with van der Waals surface area (Å²) >= 11 is 9.04. The van der Waals surface area contributed by atoms with Gasteiger partial charge in [0.15, 0.2) is 0 Å². The molecule has 1 fully saturated rings. The van der Waals surface area contributed by atoms with Crippen molar-refractivity contribution in [2.24, 2.45) is 0 Å². The van der Waals surface area contributed by atoms with Crippen LogP contribution in [-0.2, 0) is 10.0 Å². The van der Waals surface area contributed by atoms with E-state index >= 15 is 0 Å². The molecule has 1 aromatic rings. The van der Waals surface area contributed by atoms with Crippen LogP contribution in [0.5, 0.6) is 0 Å². The van der Waals surface area contributed by atoms with E-state index in [1.54, 1.807) is 16.6 Å². The summed E-state index contributed by atoms with van der Waals surface area (Å²) in [5.41, 5.74) is 0. The Balaban J connectivity index is 2.31. The van der Waals surface area contributed by atoms with E-state index in [1.165, 1.54) is 6.20 Å². The van der Waals surface area contributed by atoms with Crippen molar-refractivity contribution in [3.8, 4) is 0 Å². The molecule has 0 spiro atoms. The molecule has 1 saturated heterocycles. The first-order valence-corrected chi connectivity index (χ1v) is 9.01. The van der Waals surface area contributed by atoms with E-state index in [4.69, 9.17) is 11.6 Å². The summed E-state index contributed by atoms with van der Waals surface area (Å²) in [6.07, 6.45) is 6.51. The average Bonchev–Trinajstić information content (AvgIpc) is 2.39. The van der Waals surface area contributed by atoms with Gasteiger partial charge >= 0.3 is 0 Å². The van der Waals surface area contributed by atoms with Gasteiger partial charge in [-0.1, -0.05) is 6.42 Å². The number of pyridine rings is 1. The molecule has 106 valence electrons. The van der Waals surface area contributed by atoms with E-state index in [0.717, 1.165) is 19.3 Å². The predicted octanol–water partition coefficient (Wildman–Crippen LogP) is 3.02. The monoisotopic (exact) mass is 366 g/mol. The number of nitrogens with zero attached hydrogens (tertiary/aromatic N) is 2. The van der Waals surface area contributed by atoms with Gasteiger partial charge in [0.2, 0.25) is 10.0 Å². The lowest BCUT2D eigenvalue weighted by molar-refractivity contribution is 0.247. The summed E-state index contributed by atoms with van der Waals surface area (Å²) < 4.78 is 27.5. The van der Waals surface area contributed by atoms with Crippen LogP contribution in [0.3, 0.4) is 0 Å². The highest BCUT2D eigenvalue weighted by Crippen LogP contribution is 2.27. The number of hydrogen-bond donors (Lipinski definition) is 0. The second kappa shape index (κ2) is 6.52. The zero-order valence-electron chi connectivity index (χ0n) is 10.4. The predicted molar refractivity (Wildman–Crippen MR) is 78.8 cm³/mol. The Morgan fingerprint density at radius 2 is 2.21 bits per heavy atom. The lowest BCUT2D eigenvalue weighted by Crippen LogP contribution is -2.43. The van der Waals surface area contributed by atoms with Crippen molar-refractivity contribution in [2.45, 2.75) is 36.6 Å². The molecule has 1 unspecified atom stereocenters. The third-order valence-corrected chi connectivity index (χ3v) is 5.87. The molecule has 0 aromatic carbocycles. The Morgan fingerprint density at radius 3 is 2.89 bits per heavy atom. The number of hydrogen-bond acceptors (Lipinski definition) is 3. The minimum atomic E-state index is -3.47. The van der Waals surface area contributed by atoms with Crippen molar-refractivity contribution in [3.63, 3.8) is 0 Å². The van der Waals surface area contributed by atoms with Crippen LogP contribution in [0.25, 0.3) is 0 Å². The molecule has 0 amide bonds. The first kappa shape index (κ1) is 15.2. The topological polar surface area (TPSA) is 50.3 Å². The van der Waals surface area contributed by atoms with Crippen LogP contribution in [0.2, 0.25) is 0 Å². The van der Waals surface area contributed by atoms with Crippen LogP contribution in [0.15, 0.2) is 27.8 Å². The molecule has 0 aliphatic carbocycles. The van der Waals surface area contributed by atoms with E-state index in [-0.39, 0.29) is 10.9 Å². The molecule has 1 aliphatic heterocycles. The van der Waals surface area contributed by atoms with Gasteiger partial charge in [-0.15, -0.1) is 11.6 Å². The van der Waals surface area contributed by atoms with Crippen molar-refractivity contribution in [1.29, 1.82) is 0 Å². The maximum absolute atomic E-state index is 12.6. The second-order valence-corrected chi connectivity index (χ2v) is 7.77. The molecular weight excluding hydrogens is 352 g/mol. The molecule has 1 aromatic heterocycles. The van der Waals surface area contributed by atoms with Crippen LogP contribution < -0.4 is 0 Å². The van der Waals surface area contributed by atoms with Crippen LogP contribution in [0, 0.1) is 0 Å². The normalized spacial score (nSPS) is 21.5. The molecule has 0 saturated carbocycles. The lowest BCUT2D eigenvalue weighted by Gasteiger charge is -2.34. The van der Waals surface area contributed by atoms with Gasteiger partial charge in [-0.2, -0.15) is 4.31 Å². The van der Waals surface area contributed by atoms with Gasteiger partial charge in [0.05, 0.1) is 0 Å². The number of rotatable bonds is 4. The fourth-order valence-electron chi connectivity index (χ4n) is 2.37. The standard InChI is InChI=1S/C12H16BrClN2O2S/c13-10-7-12(9-15-8-10)19(17,18)16-6-2-1-3-11(16)4-5-14/h7-9,11H,1-6H2. The van der Waals surface area contributed by atoms with Crippen LogP contribution >= 0.6 is 27.5 Å². The summed E-state index contributed by atoms with van der Waals surface area (Å²) in [5, 5.41) is 0. The molecular formula is C12H16BrClN2O2S. The first-order valence-electron chi connectivity index (χ1n) is 6.24. The van der Waals surface area contributed by atoms with Crippen molar-refractivity contribution in [2.75, 3.05) is 12.4 Å². The van der Waals surface area contributed by atoms with E-state index in [0.29, 0.717) is 23.3 Å². The molecule has 2 heterocycles. The SMILES string of the molecule is O=S(=O)(c1cncc(Br)c1)N1CCCCC1CCCl. The molecule has 1 atom stereocenters. The molecule has 0 radical (unpaired) electrons.